The maximum absolute atomic E-state index is 13.9. The van der Waals surface area contributed by atoms with Gasteiger partial charge >= 0.3 is 6.03 Å². The van der Waals surface area contributed by atoms with E-state index in [0.717, 1.165) is 0 Å². The molecule has 2 saturated heterocycles. The Kier molecular flexibility index (Phi) is 3.25. The number of nitrogens with one attached hydrogen (secondary N) is 2. The molecule has 2 aliphatic rings. The lowest BCUT2D eigenvalue weighted by Gasteiger charge is -2.42. The molecule has 0 radical (unpaired) electrons. The van der Waals surface area contributed by atoms with Crippen LogP contribution in [0.15, 0.2) is 0 Å². The fraction of sp³-hybridized carbons (Fsp3) is 0.917. The number of likely N-dealkylation sites (tertiary alicyclic amines) is 1. The van der Waals surface area contributed by atoms with E-state index in [2.05, 4.69) is 10.6 Å². The van der Waals surface area contributed by atoms with Crippen molar-refractivity contribution in [3.8, 4) is 0 Å². The summed E-state index contributed by atoms with van der Waals surface area (Å²) in [6, 6.07) is -0.387. The predicted molar refractivity (Wildman–Crippen MR) is 64.7 cm³/mol. The van der Waals surface area contributed by atoms with Crippen LogP contribution in [0.3, 0.4) is 0 Å². The first-order valence-corrected chi connectivity index (χ1v) is 6.41. The summed E-state index contributed by atoms with van der Waals surface area (Å²) < 4.78 is 27.8. The van der Waals surface area contributed by atoms with E-state index in [-0.39, 0.29) is 24.5 Å². The highest BCUT2D eigenvalue weighted by Gasteiger charge is 2.64. The fourth-order valence-electron chi connectivity index (χ4n) is 2.34. The molecular weight excluding hydrogens is 240 g/mol. The first-order chi connectivity index (χ1) is 8.27. The van der Waals surface area contributed by atoms with Crippen LogP contribution in [0.4, 0.5) is 13.6 Å². The molecule has 0 aliphatic carbocycles. The van der Waals surface area contributed by atoms with Crippen molar-refractivity contribution in [3.63, 3.8) is 0 Å². The number of hydrogen-bond acceptors (Lipinski definition) is 2. The molecule has 0 bridgehead atoms. The molecular formula is C12H21F2N3O. The zero-order chi connectivity index (χ0) is 13.6. The Hall–Kier alpha value is -0.910. The summed E-state index contributed by atoms with van der Waals surface area (Å²) >= 11 is 0. The summed E-state index contributed by atoms with van der Waals surface area (Å²) in [5.74, 6) is -2.49. The van der Waals surface area contributed by atoms with Crippen LogP contribution in [0.5, 0.6) is 0 Å². The highest BCUT2D eigenvalue weighted by atomic mass is 19.3. The summed E-state index contributed by atoms with van der Waals surface area (Å²) in [6.45, 7) is 6.13. The minimum absolute atomic E-state index is 0.0119. The molecule has 6 heteroatoms. The van der Waals surface area contributed by atoms with Crippen LogP contribution in [0, 0.1) is 11.3 Å². The third-order valence-electron chi connectivity index (χ3n) is 4.22. The van der Waals surface area contributed by atoms with Crippen LogP contribution in [0.1, 0.15) is 20.8 Å². The molecule has 2 fully saturated rings. The normalized spacial score (nSPS) is 26.2. The van der Waals surface area contributed by atoms with E-state index in [1.165, 1.54) is 4.90 Å². The Morgan fingerprint density at radius 3 is 2.28 bits per heavy atom. The fourth-order valence-corrected chi connectivity index (χ4v) is 2.34. The quantitative estimate of drug-likeness (QED) is 0.786. The van der Waals surface area contributed by atoms with Gasteiger partial charge in [-0.1, -0.05) is 13.8 Å². The monoisotopic (exact) mass is 261 g/mol. The first-order valence-electron chi connectivity index (χ1n) is 6.41. The Labute approximate surface area is 106 Å². The van der Waals surface area contributed by atoms with E-state index in [1.54, 1.807) is 0 Å². The van der Waals surface area contributed by atoms with E-state index in [9.17, 15) is 13.6 Å². The second-order valence-corrected chi connectivity index (χ2v) is 5.93. The lowest BCUT2D eigenvalue weighted by Crippen LogP contribution is -2.62. The number of rotatable bonds is 2. The molecule has 1 spiro atoms. The van der Waals surface area contributed by atoms with E-state index in [1.807, 2.05) is 20.8 Å². The summed E-state index contributed by atoms with van der Waals surface area (Å²) in [4.78, 5) is 13.2. The summed E-state index contributed by atoms with van der Waals surface area (Å²) in [5.41, 5.74) is -1.04. The predicted octanol–water partition coefficient (Wildman–Crippen LogP) is 1.28. The minimum Gasteiger partial charge on any atom is -0.335 e. The molecule has 2 aliphatic heterocycles. The van der Waals surface area contributed by atoms with E-state index in [0.29, 0.717) is 13.1 Å². The standard InChI is InChI=1S/C12H21F2N3O/c1-8(2)9(3)16-10(18)17-6-11(4-15-5-11)12(13,14)7-17/h8-9,15H,4-7H2,1-3H3,(H,16,18). The van der Waals surface area contributed by atoms with E-state index < -0.39 is 17.9 Å². The van der Waals surface area contributed by atoms with Crippen LogP contribution >= 0.6 is 0 Å². The van der Waals surface area contributed by atoms with Crippen molar-refractivity contribution in [1.29, 1.82) is 0 Å². The average Bonchev–Trinajstić information content (AvgIpc) is 2.49. The molecule has 104 valence electrons. The van der Waals surface area contributed by atoms with Gasteiger partial charge in [0.1, 0.15) is 0 Å². The van der Waals surface area contributed by atoms with Crippen molar-refractivity contribution in [2.24, 2.45) is 11.3 Å². The van der Waals surface area contributed by atoms with Gasteiger partial charge < -0.3 is 15.5 Å². The van der Waals surface area contributed by atoms with Gasteiger partial charge in [0.05, 0.1) is 12.0 Å². The average molecular weight is 261 g/mol. The molecule has 2 heterocycles. The minimum atomic E-state index is -2.78. The highest BCUT2D eigenvalue weighted by Crippen LogP contribution is 2.46. The second-order valence-electron chi connectivity index (χ2n) is 5.93. The maximum Gasteiger partial charge on any atom is 0.317 e. The SMILES string of the molecule is CC(C)C(C)NC(=O)N1CC(F)(F)C2(CNC2)C1. The summed E-state index contributed by atoms with van der Waals surface area (Å²) in [7, 11) is 0. The van der Waals surface area contributed by atoms with Crippen LogP contribution in [0.2, 0.25) is 0 Å². The van der Waals surface area contributed by atoms with Crippen molar-refractivity contribution in [2.45, 2.75) is 32.7 Å². The third-order valence-corrected chi connectivity index (χ3v) is 4.22. The van der Waals surface area contributed by atoms with Crippen LogP contribution < -0.4 is 10.6 Å². The molecule has 1 atom stereocenters. The number of urea groups is 1. The molecule has 18 heavy (non-hydrogen) atoms. The topological polar surface area (TPSA) is 44.4 Å². The smallest absolute Gasteiger partial charge is 0.317 e. The Balaban J connectivity index is 1.98. The zero-order valence-electron chi connectivity index (χ0n) is 11.1. The zero-order valence-corrected chi connectivity index (χ0v) is 11.1. The van der Waals surface area contributed by atoms with Crippen LogP contribution in [-0.4, -0.2) is 49.1 Å². The van der Waals surface area contributed by atoms with Crippen molar-refractivity contribution >= 4 is 6.03 Å². The highest BCUT2D eigenvalue weighted by molar-refractivity contribution is 5.75. The number of hydrogen-bond donors (Lipinski definition) is 2. The van der Waals surface area contributed by atoms with Crippen molar-refractivity contribution in [2.75, 3.05) is 26.2 Å². The molecule has 0 aromatic rings. The van der Waals surface area contributed by atoms with E-state index in [4.69, 9.17) is 0 Å². The van der Waals surface area contributed by atoms with Gasteiger partial charge in [-0.25, -0.2) is 13.6 Å². The number of halogens is 2. The molecule has 2 amide bonds. The van der Waals surface area contributed by atoms with Gasteiger partial charge in [-0.05, 0) is 12.8 Å². The molecule has 0 aromatic heterocycles. The first kappa shape index (κ1) is 13.5. The largest absolute Gasteiger partial charge is 0.335 e. The number of alkyl halides is 2. The van der Waals surface area contributed by atoms with Gasteiger partial charge in [-0.2, -0.15) is 0 Å². The second kappa shape index (κ2) is 4.33. The van der Waals surface area contributed by atoms with Gasteiger partial charge in [-0.3, -0.25) is 0 Å². The van der Waals surface area contributed by atoms with Gasteiger partial charge in [0.2, 0.25) is 0 Å². The molecule has 0 aromatic carbocycles. The summed E-state index contributed by atoms with van der Waals surface area (Å²) in [5, 5.41) is 5.66. The molecule has 2 rings (SSSR count). The van der Waals surface area contributed by atoms with Crippen molar-refractivity contribution < 1.29 is 13.6 Å². The van der Waals surface area contributed by atoms with Crippen LogP contribution in [0.25, 0.3) is 0 Å². The summed E-state index contributed by atoms with van der Waals surface area (Å²) in [6.07, 6.45) is 0. The van der Waals surface area contributed by atoms with Gasteiger partial charge in [0, 0.05) is 25.7 Å². The Morgan fingerprint density at radius 2 is 1.89 bits per heavy atom. The van der Waals surface area contributed by atoms with Crippen LogP contribution in [-0.2, 0) is 0 Å². The molecule has 1 unspecified atom stereocenters. The van der Waals surface area contributed by atoms with Crippen molar-refractivity contribution in [3.05, 3.63) is 0 Å². The number of carbonyl (C=O) groups excluding carboxylic acids is 1. The Morgan fingerprint density at radius 1 is 1.28 bits per heavy atom. The number of carbonyl (C=O) groups is 1. The third kappa shape index (κ3) is 2.06. The number of amides is 2. The molecule has 4 nitrogen and oxygen atoms in total. The molecule has 2 N–H and O–H groups in total. The van der Waals surface area contributed by atoms with Gasteiger partial charge in [0.15, 0.2) is 0 Å². The lowest BCUT2D eigenvalue weighted by molar-refractivity contribution is -0.108. The van der Waals surface area contributed by atoms with Gasteiger partial charge in [0.25, 0.3) is 5.92 Å². The van der Waals surface area contributed by atoms with Gasteiger partial charge in [-0.15, -0.1) is 0 Å². The Bertz CT molecular complexity index is 342. The maximum atomic E-state index is 13.9. The lowest BCUT2D eigenvalue weighted by atomic mass is 9.78. The van der Waals surface area contributed by atoms with Crippen molar-refractivity contribution in [1.82, 2.24) is 15.5 Å². The van der Waals surface area contributed by atoms with E-state index >= 15 is 0 Å². The number of nitrogens with zero attached hydrogens (tertiary/aromatic N) is 1. The molecule has 0 saturated carbocycles.